The summed E-state index contributed by atoms with van der Waals surface area (Å²) in [5.41, 5.74) is -0.615. The first-order chi connectivity index (χ1) is 13.4. The van der Waals surface area contributed by atoms with Gasteiger partial charge in [0.15, 0.2) is 11.8 Å². The van der Waals surface area contributed by atoms with E-state index in [1.165, 1.54) is 6.92 Å². The molecule has 0 aromatic heterocycles. The van der Waals surface area contributed by atoms with E-state index in [4.69, 9.17) is 14.2 Å². The van der Waals surface area contributed by atoms with Crippen molar-refractivity contribution in [1.29, 1.82) is 0 Å². The van der Waals surface area contributed by atoms with E-state index in [1.807, 2.05) is 41.5 Å². The van der Waals surface area contributed by atoms with E-state index in [0.717, 1.165) is 31.7 Å². The maximum atomic E-state index is 12.5. The van der Waals surface area contributed by atoms with Gasteiger partial charge in [0.25, 0.3) is 0 Å². The Morgan fingerprint density at radius 3 is 2.28 bits per heavy atom. The van der Waals surface area contributed by atoms with E-state index in [0.29, 0.717) is 11.5 Å². The molecule has 1 N–H and O–H groups in total. The zero-order chi connectivity index (χ0) is 21.8. The Morgan fingerprint density at radius 1 is 1.14 bits per heavy atom. The number of carbonyl (C=O) groups excluding carboxylic acids is 2. The van der Waals surface area contributed by atoms with Crippen LogP contribution in [0.4, 0.5) is 0 Å². The summed E-state index contributed by atoms with van der Waals surface area (Å²) in [5.74, 6) is 0.488. The number of carbonyl (C=O) groups is 2. The summed E-state index contributed by atoms with van der Waals surface area (Å²) in [6, 6.07) is 5.25. The van der Waals surface area contributed by atoms with Gasteiger partial charge < -0.3 is 19.5 Å². The van der Waals surface area contributed by atoms with Crippen molar-refractivity contribution in [1.82, 2.24) is 10.2 Å². The SMILES string of the molecule is CC(=O)Oc1ccc(OC(C)(C(C)OC(=O)C(C)(C)C)N2CCNCC2)c(C)c1. The molecule has 1 aliphatic heterocycles. The van der Waals surface area contributed by atoms with Crippen molar-refractivity contribution in [3.8, 4) is 11.5 Å². The van der Waals surface area contributed by atoms with Crippen molar-refractivity contribution in [2.75, 3.05) is 26.2 Å². The molecule has 1 saturated heterocycles. The number of ether oxygens (including phenoxy) is 3. The lowest BCUT2D eigenvalue weighted by molar-refractivity contribution is -0.190. The van der Waals surface area contributed by atoms with Gasteiger partial charge in [0, 0.05) is 33.1 Å². The number of aryl methyl sites for hydroxylation is 1. The second-order valence-corrected chi connectivity index (χ2v) is 8.71. The lowest BCUT2D eigenvalue weighted by Gasteiger charge is -2.46. The zero-order valence-electron chi connectivity index (χ0n) is 18.6. The number of hydrogen-bond donors (Lipinski definition) is 1. The molecule has 2 unspecified atom stereocenters. The van der Waals surface area contributed by atoms with Crippen LogP contribution in [0, 0.1) is 12.3 Å². The van der Waals surface area contributed by atoms with E-state index in [2.05, 4.69) is 10.2 Å². The third kappa shape index (κ3) is 5.93. The molecule has 1 fully saturated rings. The topological polar surface area (TPSA) is 77.1 Å². The number of rotatable bonds is 6. The highest BCUT2D eigenvalue weighted by molar-refractivity contribution is 5.75. The van der Waals surface area contributed by atoms with Crippen LogP contribution in [0.1, 0.15) is 47.1 Å². The fourth-order valence-corrected chi connectivity index (χ4v) is 3.15. The number of hydrogen-bond acceptors (Lipinski definition) is 7. The van der Waals surface area contributed by atoms with Gasteiger partial charge in [-0.15, -0.1) is 0 Å². The van der Waals surface area contributed by atoms with Crippen molar-refractivity contribution in [3.63, 3.8) is 0 Å². The largest absolute Gasteiger partial charge is 0.469 e. The normalized spacial score (nSPS) is 18.4. The van der Waals surface area contributed by atoms with Crippen LogP contribution in [0.25, 0.3) is 0 Å². The second kappa shape index (κ2) is 9.13. The summed E-state index contributed by atoms with van der Waals surface area (Å²) in [6.45, 7) is 15.8. The van der Waals surface area contributed by atoms with Gasteiger partial charge in [-0.05, 0) is 65.3 Å². The number of benzene rings is 1. The van der Waals surface area contributed by atoms with Crippen LogP contribution < -0.4 is 14.8 Å². The van der Waals surface area contributed by atoms with E-state index >= 15 is 0 Å². The molecule has 162 valence electrons. The zero-order valence-corrected chi connectivity index (χ0v) is 18.6. The molecular formula is C22H34N2O5. The van der Waals surface area contributed by atoms with E-state index in [9.17, 15) is 9.59 Å². The Hall–Kier alpha value is -2.12. The minimum atomic E-state index is -0.850. The summed E-state index contributed by atoms with van der Waals surface area (Å²) >= 11 is 0. The molecule has 1 aromatic carbocycles. The van der Waals surface area contributed by atoms with Gasteiger partial charge in [0.1, 0.15) is 11.5 Å². The van der Waals surface area contributed by atoms with Crippen molar-refractivity contribution < 1.29 is 23.8 Å². The molecule has 29 heavy (non-hydrogen) atoms. The molecule has 1 heterocycles. The van der Waals surface area contributed by atoms with Crippen molar-refractivity contribution in [2.45, 2.75) is 60.3 Å². The fraction of sp³-hybridized carbons (Fsp3) is 0.636. The quantitative estimate of drug-likeness (QED) is 0.575. The first-order valence-corrected chi connectivity index (χ1v) is 10.1. The van der Waals surface area contributed by atoms with E-state index in [1.54, 1.807) is 18.2 Å². The van der Waals surface area contributed by atoms with Gasteiger partial charge in [-0.25, -0.2) is 0 Å². The van der Waals surface area contributed by atoms with Crippen LogP contribution in [0.15, 0.2) is 18.2 Å². The van der Waals surface area contributed by atoms with Crippen LogP contribution in [0.2, 0.25) is 0 Å². The van der Waals surface area contributed by atoms with Crippen molar-refractivity contribution in [2.24, 2.45) is 5.41 Å². The first kappa shape index (κ1) is 23.2. The molecule has 0 spiro atoms. The van der Waals surface area contributed by atoms with Gasteiger partial charge in [0.05, 0.1) is 5.41 Å². The third-order valence-corrected chi connectivity index (χ3v) is 5.12. The lowest BCUT2D eigenvalue weighted by atomic mass is 9.97. The molecule has 0 radical (unpaired) electrons. The van der Waals surface area contributed by atoms with Crippen LogP contribution in [-0.4, -0.2) is 54.8 Å². The molecule has 7 heteroatoms. The second-order valence-electron chi connectivity index (χ2n) is 8.71. The van der Waals surface area contributed by atoms with Gasteiger partial charge in [-0.2, -0.15) is 0 Å². The summed E-state index contributed by atoms with van der Waals surface area (Å²) < 4.78 is 17.5. The highest BCUT2D eigenvalue weighted by Crippen LogP contribution is 2.32. The van der Waals surface area contributed by atoms with Gasteiger partial charge in [-0.3, -0.25) is 14.5 Å². The van der Waals surface area contributed by atoms with Gasteiger partial charge in [-0.1, -0.05) is 0 Å². The molecule has 1 aromatic rings. The highest BCUT2D eigenvalue weighted by Gasteiger charge is 2.44. The molecule has 2 atom stereocenters. The van der Waals surface area contributed by atoms with Crippen LogP contribution in [0.5, 0.6) is 11.5 Å². The highest BCUT2D eigenvalue weighted by atomic mass is 16.6. The molecule has 0 aliphatic carbocycles. The predicted octanol–water partition coefficient (Wildman–Crippen LogP) is 2.90. The Bertz CT molecular complexity index is 737. The Balaban J connectivity index is 2.30. The Labute approximate surface area is 173 Å². The molecule has 0 bridgehead atoms. The van der Waals surface area contributed by atoms with Gasteiger partial charge in [0.2, 0.25) is 0 Å². The summed E-state index contributed by atoms with van der Waals surface area (Å²) in [5, 5.41) is 3.34. The molecule has 0 saturated carbocycles. The molecule has 2 rings (SSSR count). The number of nitrogens with zero attached hydrogens (tertiary/aromatic N) is 1. The predicted molar refractivity (Wildman–Crippen MR) is 111 cm³/mol. The molecule has 1 aliphatic rings. The van der Waals surface area contributed by atoms with Crippen molar-refractivity contribution in [3.05, 3.63) is 23.8 Å². The fourth-order valence-electron chi connectivity index (χ4n) is 3.15. The Kier molecular flexibility index (Phi) is 7.30. The van der Waals surface area contributed by atoms with Crippen LogP contribution in [-0.2, 0) is 14.3 Å². The summed E-state index contributed by atoms with van der Waals surface area (Å²) in [6.07, 6.45) is -0.500. The maximum Gasteiger partial charge on any atom is 0.311 e. The lowest BCUT2D eigenvalue weighted by Crippen LogP contribution is -2.63. The smallest absolute Gasteiger partial charge is 0.311 e. The van der Waals surface area contributed by atoms with E-state index in [-0.39, 0.29) is 11.9 Å². The average molecular weight is 407 g/mol. The Morgan fingerprint density at radius 2 is 1.76 bits per heavy atom. The number of nitrogens with one attached hydrogen (secondary N) is 1. The maximum absolute atomic E-state index is 12.5. The van der Waals surface area contributed by atoms with E-state index < -0.39 is 17.2 Å². The average Bonchev–Trinajstić information content (AvgIpc) is 2.63. The third-order valence-electron chi connectivity index (χ3n) is 5.12. The first-order valence-electron chi connectivity index (χ1n) is 10.1. The summed E-state index contributed by atoms with van der Waals surface area (Å²) in [4.78, 5) is 25.9. The van der Waals surface area contributed by atoms with Gasteiger partial charge >= 0.3 is 11.9 Å². The number of piperazine rings is 1. The minimum absolute atomic E-state index is 0.267. The minimum Gasteiger partial charge on any atom is -0.469 e. The molecule has 7 nitrogen and oxygen atoms in total. The summed E-state index contributed by atoms with van der Waals surface area (Å²) in [7, 11) is 0. The molecule has 0 amide bonds. The molecular weight excluding hydrogens is 372 g/mol. The standard InChI is InChI=1S/C22H34N2O5/c1-15-14-18(28-17(3)25)8-9-19(15)29-22(7,24-12-10-23-11-13-24)16(2)27-20(26)21(4,5)6/h8-9,14,16,23H,10-13H2,1-7H3. The van der Waals surface area contributed by atoms with Crippen LogP contribution in [0.3, 0.4) is 0 Å². The number of esters is 2. The van der Waals surface area contributed by atoms with Crippen molar-refractivity contribution >= 4 is 11.9 Å². The monoisotopic (exact) mass is 406 g/mol. The van der Waals surface area contributed by atoms with Crippen LogP contribution >= 0.6 is 0 Å².